The molecule has 0 radical (unpaired) electrons. The van der Waals surface area contributed by atoms with Gasteiger partial charge in [-0.2, -0.15) is 11.8 Å². The summed E-state index contributed by atoms with van der Waals surface area (Å²) in [6, 6.07) is 0.538. The van der Waals surface area contributed by atoms with E-state index in [0.717, 1.165) is 29.9 Å². The van der Waals surface area contributed by atoms with Crippen molar-refractivity contribution in [3.05, 3.63) is 11.6 Å². The monoisotopic (exact) mass is 366 g/mol. The van der Waals surface area contributed by atoms with Gasteiger partial charge in [-0.1, -0.05) is 40.0 Å². The first-order chi connectivity index (χ1) is 11.8. The lowest BCUT2D eigenvalue weighted by Crippen LogP contribution is -2.45. The summed E-state index contributed by atoms with van der Waals surface area (Å²) in [6.45, 7) is 10.2. The number of guanidine groups is 1. The van der Waals surface area contributed by atoms with E-state index in [-0.39, 0.29) is 0 Å². The number of hydrogen-bond donors (Lipinski definition) is 2. The van der Waals surface area contributed by atoms with Crippen molar-refractivity contribution in [3.63, 3.8) is 0 Å². The zero-order valence-electron chi connectivity index (χ0n) is 16.4. The average Bonchev–Trinajstić information content (AvgIpc) is 2.88. The molecule has 0 saturated heterocycles. The summed E-state index contributed by atoms with van der Waals surface area (Å²) < 4.78 is 2.29. The van der Waals surface area contributed by atoms with Crippen LogP contribution in [0.1, 0.15) is 64.5 Å². The first kappa shape index (κ1) is 20.1. The fraction of sp³-hybridized carbons (Fsp3) is 0.833. The van der Waals surface area contributed by atoms with Crippen LogP contribution in [0.3, 0.4) is 0 Å². The van der Waals surface area contributed by atoms with Gasteiger partial charge in [-0.15, -0.1) is 10.2 Å². The smallest absolute Gasteiger partial charge is 0.191 e. The summed E-state index contributed by atoms with van der Waals surface area (Å²) in [7, 11) is 1.99. The third-order valence-electron chi connectivity index (χ3n) is 4.44. The number of hydrogen-bond acceptors (Lipinski definition) is 4. The molecule has 0 amide bonds. The van der Waals surface area contributed by atoms with E-state index in [4.69, 9.17) is 4.99 Å². The summed E-state index contributed by atoms with van der Waals surface area (Å²) in [6.07, 6.45) is 6.46. The maximum Gasteiger partial charge on any atom is 0.191 e. The molecular weight excluding hydrogens is 332 g/mol. The number of rotatable bonds is 6. The SMILES string of the molecule is Cc1nnc(CN=C(NCCSC(C)(C)C)NC2CCCCC2)n1C. The number of nitrogens with one attached hydrogen (secondary N) is 2. The molecule has 1 aromatic rings. The first-order valence-electron chi connectivity index (χ1n) is 9.39. The van der Waals surface area contributed by atoms with E-state index >= 15 is 0 Å². The van der Waals surface area contributed by atoms with Crippen LogP contribution in [0, 0.1) is 6.92 Å². The third-order valence-corrected chi connectivity index (χ3v) is 5.71. The molecule has 7 heteroatoms. The van der Waals surface area contributed by atoms with Crippen LogP contribution in [0.4, 0.5) is 0 Å². The van der Waals surface area contributed by atoms with Crippen molar-refractivity contribution in [2.75, 3.05) is 12.3 Å². The molecule has 142 valence electrons. The van der Waals surface area contributed by atoms with E-state index in [1.165, 1.54) is 32.1 Å². The Hall–Kier alpha value is -1.24. The van der Waals surface area contributed by atoms with Gasteiger partial charge in [0.25, 0.3) is 0 Å². The van der Waals surface area contributed by atoms with Crippen LogP contribution in [-0.2, 0) is 13.6 Å². The topological polar surface area (TPSA) is 67.1 Å². The molecule has 1 fully saturated rings. The molecule has 1 aliphatic carbocycles. The van der Waals surface area contributed by atoms with E-state index in [2.05, 4.69) is 41.6 Å². The van der Waals surface area contributed by atoms with Gasteiger partial charge in [0.2, 0.25) is 0 Å². The second-order valence-corrected chi connectivity index (χ2v) is 9.68. The highest BCUT2D eigenvalue weighted by Gasteiger charge is 2.15. The molecule has 0 aromatic carbocycles. The Morgan fingerprint density at radius 1 is 1.24 bits per heavy atom. The lowest BCUT2D eigenvalue weighted by Gasteiger charge is -2.25. The summed E-state index contributed by atoms with van der Waals surface area (Å²) in [5.41, 5.74) is 0. The fourth-order valence-corrected chi connectivity index (χ4v) is 3.67. The second kappa shape index (κ2) is 9.46. The van der Waals surface area contributed by atoms with Crippen molar-refractivity contribution in [1.29, 1.82) is 0 Å². The summed E-state index contributed by atoms with van der Waals surface area (Å²) in [5.74, 6) is 3.78. The van der Waals surface area contributed by atoms with Gasteiger partial charge in [-0.3, -0.25) is 0 Å². The maximum atomic E-state index is 4.76. The van der Waals surface area contributed by atoms with E-state index in [9.17, 15) is 0 Å². The molecule has 1 saturated carbocycles. The first-order valence-corrected chi connectivity index (χ1v) is 10.4. The zero-order valence-corrected chi connectivity index (χ0v) is 17.2. The Balaban J connectivity index is 1.92. The van der Waals surface area contributed by atoms with Gasteiger partial charge >= 0.3 is 0 Å². The van der Waals surface area contributed by atoms with Gasteiger partial charge in [0, 0.05) is 30.1 Å². The molecule has 2 N–H and O–H groups in total. The van der Waals surface area contributed by atoms with Crippen LogP contribution < -0.4 is 10.6 Å². The number of aromatic nitrogens is 3. The molecular formula is C18H34N6S. The molecule has 0 bridgehead atoms. The number of thioether (sulfide) groups is 1. The lowest BCUT2D eigenvalue weighted by atomic mass is 9.96. The minimum absolute atomic E-state index is 0.298. The minimum atomic E-state index is 0.298. The van der Waals surface area contributed by atoms with Crippen molar-refractivity contribution >= 4 is 17.7 Å². The molecule has 1 aliphatic rings. The fourth-order valence-electron chi connectivity index (χ4n) is 2.86. The molecule has 0 unspecified atom stereocenters. The lowest BCUT2D eigenvalue weighted by molar-refractivity contribution is 0.410. The van der Waals surface area contributed by atoms with Gasteiger partial charge in [0.15, 0.2) is 11.8 Å². The van der Waals surface area contributed by atoms with E-state index < -0.39 is 0 Å². The molecule has 0 atom stereocenters. The van der Waals surface area contributed by atoms with Gasteiger partial charge in [0.05, 0.1) is 0 Å². The predicted octanol–water partition coefficient (Wildman–Crippen LogP) is 3.02. The van der Waals surface area contributed by atoms with Gasteiger partial charge in [-0.05, 0) is 19.8 Å². The third kappa shape index (κ3) is 7.26. The summed E-state index contributed by atoms with van der Waals surface area (Å²) >= 11 is 1.97. The Morgan fingerprint density at radius 3 is 2.56 bits per heavy atom. The van der Waals surface area contributed by atoms with Crippen molar-refractivity contribution in [1.82, 2.24) is 25.4 Å². The van der Waals surface area contributed by atoms with Crippen molar-refractivity contribution in [2.24, 2.45) is 12.0 Å². The quantitative estimate of drug-likeness (QED) is 0.460. The molecule has 6 nitrogen and oxygen atoms in total. The predicted molar refractivity (Wildman–Crippen MR) is 107 cm³/mol. The Morgan fingerprint density at radius 2 is 1.96 bits per heavy atom. The largest absolute Gasteiger partial charge is 0.356 e. The minimum Gasteiger partial charge on any atom is -0.356 e. The summed E-state index contributed by atoms with van der Waals surface area (Å²) in [5, 5.41) is 15.4. The molecule has 1 aromatic heterocycles. The van der Waals surface area contributed by atoms with Crippen LogP contribution in [0.25, 0.3) is 0 Å². The van der Waals surface area contributed by atoms with Crippen molar-refractivity contribution in [3.8, 4) is 0 Å². The van der Waals surface area contributed by atoms with E-state index in [1.54, 1.807) is 0 Å². The molecule has 0 aliphatic heterocycles. The van der Waals surface area contributed by atoms with Crippen LogP contribution >= 0.6 is 11.8 Å². The number of nitrogens with zero attached hydrogens (tertiary/aromatic N) is 4. The highest BCUT2D eigenvalue weighted by atomic mass is 32.2. The maximum absolute atomic E-state index is 4.76. The van der Waals surface area contributed by atoms with Gasteiger partial charge in [0.1, 0.15) is 12.4 Å². The van der Waals surface area contributed by atoms with Crippen molar-refractivity contribution in [2.45, 2.75) is 77.1 Å². The zero-order chi connectivity index (χ0) is 18.3. The van der Waals surface area contributed by atoms with Crippen LogP contribution in [0.15, 0.2) is 4.99 Å². The number of aryl methyl sites for hydroxylation is 1. The molecule has 1 heterocycles. The van der Waals surface area contributed by atoms with Crippen LogP contribution in [0.5, 0.6) is 0 Å². The highest BCUT2D eigenvalue weighted by Crippen LogP contribution is 2.22. The van der Waals surface area contributed by atoms with Crippen molar-refractivity contribution < 1.29 is 0 Å². The average molecular weight is 367 g/mol. The number of aliphatic imine (C=N–C) groups is 1. The van der Waals surface area contributed by atoms with E-state index in [1.807, 2.05) is 30.3 Å². The highest BCUT2D eigenvalue weighted by molar-refractivity contribution is 8.00. The standard InChI is InChI=1S/C18H34N6S/c1-14-22-23-16(24(14)5)13-20-17(19-11-12-25-18(2,3)4)21-15-9-7-6-8-10-15/h15H,6-13H2,1-5H3,(H2,19,20,21). The normalized spacial score (nSPS) is 16.9. The molecule has 25 heavy (non-hydrogen) atoms. The summed E-state index contributed by atoms with van der Waals surface area (Å²) in [4.78, 5) is 4.76. The van der Waals surface area contributed by atoms with Crippen LogP contribution in [0.2, 0.25) is 0 Å². The van der Waals surface area contributed by atoms with Gasteiger partial charge in [-0.25, -0.2) is 4.99 Å². The Bertz CT molecular complexity index is 554. The molecule has 0 spiro atoms. The van der Waals surface area contributed by atoms with E-state index in [0.29, 0.717) is 17.3 Å². The Kier molecular flexibility index (Phi) is 7.59. The molecule has 2 rings (SSSR count). The van der Waals surface area contributed by atoms with Gasteiger partial charge < -0.3 is 15.2 Å². The Labute approximate surface area is 156 Å². The van der Waals surface area contributed by atoms with Crippen LogP contribution in [-0.4, -0.2) is 43.8 Å². The second-order valence-electron chi connectivity index (χ2n) is 7.75.